The van der Waals surface area contributed by atoms with E-state index in [0.717, 1.165) is 25.1 Å². The van der Waals surface area contributed by atoms with Gasteiger partial charge in [0.2, 0.25) is 0 Å². The van der Waals surface area contributed by atoms with Crippen LogP contribution in [0.4, 0.5) is 0 Å². The van der Waals surface area contributed by atoms with E-state index in [-0.39, 0.29) is 6.04 Å². The monoisotopic (exact) mass is 260 g/mol. The van der Waals surface area contributed by atoms with Gasteiger partial charge in [-0.15, -0.1) is 0 Å². The zero-order chi connectivity index (χ0) is 14.1. The Kier molecular flexibility index (Phi) is 6.99. The Balaban J connectivity index is 2.64. The molecule has 0 heterocycles. The van der Waals surface area contributed by atoms with E-state index < -0.39 is 0 Å². The fourth-order valence-electron chi connectivity index (χ4n) is 1.87. The van der Waals surface area contributed by atoms with E-state index in [4.69, 9.17) is 10.00 Å². The molecular weight excluding hydrogens is 236 g/mol. The molecule has 1 N–H and O–H groups in total. The third-order valence-corrected chi connectivity index (χ3v) is 3.26. The van der Waals surface area contributed by atoms with Gasteiger partial charge in [0.15, 0.2) is 0 Å². The smallest absolute Gasteiger partial charge is 0.130 e. The van der Waals surface area contributed by atoms with Gasteiger partial charge in [0.25, 0.3) is 0 Å². The second kappa shape index (κ2) is 8.55. The topological polar surface area (TPSA) is 45.0 Å². The largest absolute Gasteiger partial charge is 0.491 e. The summed E-state index contributed by atoms with van der Waals surface area (Å²) in [7, 11) is 0. The molecule has 1 aromatic rings. The van der Waals surface area contributed by atoms with Crippen LogP contribution in [0, 0.1) is 11.3 Å². The SMILES string of the molecule is CCCNC(C#N)COc1ccccc1C(C)CC. The summed E-state index contributed by atoms with van der Waals surface area (Å²) >= 11 is 0. The average molecular weight is 260 g/mol. The summed E-state index contributed by atoms with van der Waals surface area (Å²) in [4.78, 5) is 0. The molecule has 0 aliphatic carbocycles. The quantitative estimate of drug-likeness (QED) is 0.778. The zero-order valence-corrected chi connectivity index (χ0v) is 12.1. The summed E-state index contributed by atoms with van der Waals surface area (Å²) < 4.78 is 5.83. The van der Waals surface area contributed by atoms with Crippen molar-refractivity contribution in [3.8, 4) is 11.8 Å². The van der Waals surface area contributed by atoms with Crippen LogP contribution in [0.2, 0.25) is 0 Å². The van der Waals surface area contributed by atoms with Crippen molar-refractivity contribution in [2.24, 2.45) is 0 Å². The Morgan fingerprint density at radius 2 is 2.05 bits per heavy atom. The van der Waals surface area contributed by atoms with Gasteiger partial charge in [-0.2, -0.15) is 5.26 Å². The van der Waals surface area contributed by atoms with E-state index in [9.17, 15) is 0 Å². The lowest BCUT2D eigenvalue weighted by atomic mass is 9.98. The van der Waals surface area contributed by atoms with E-state index in [0.29, 0.717) is 12.5 Å². The summed E-state index contributed by atoms with van der Waals surface area (Å²) in [5.41, 5.74) is 1.22. The van der Waals surface area contributed by atoms with Crippen LogP contribution in [0.5, 0.6) is 5.75 Å². The molecule has 0 aromatic heterocycles. The number of hydrogen-bond acceptors (Lipinski definition) is 3. The lowest BCUT2D eigenvalue weighted by Crippen LogP contribution is -2.33. The molecule has 0 saturated carbocycles. The highest BCUT2D eigenvalue weighted by atomic mass is 16.5. The number of hydrogen-bond donors (Lipinski definition) is 1. The molecule has 104 valence electrons. The third kappa shape index (κ3) is 4.92. The predicted molar refractivity (Wildman–Crippen MR) is 78.3 cm³/mol. The first-order valence-electron chi connectivity index (χ1n) is 7.07. The van der Waals surface area contributed by atoms with Gasteiger partial charge in [-0.25, -0.2) is 0 Å². The molecule has 2 unspecified atom stereocenters. The van der Waals surface area contributed by atoms with Crippen LogP contribution in [0.15, 0.2) is 24.3 Å². The van der Waals surface area contributed by atoms with Gasteiger partial charge in [0.05, 0.1) is 6.07 Å². The lowest BCUT2D eigenvalue weighted by Gasteiger charge is -2.17. The molecule has 0 saturated heterocycles. The number of para-hydroxylation sites is 1. The van der Waals surface area contributed by atoms with E-state index in [1.54, 1.807) is 0 Å². The van der Waals surface area contributed by atoms with E-state index in [1.807, 2.05) is 18.2 Å². The van der Waals surface area contributed by atoms with Gasteiger partial charge in [-0.3, -0.25) is 5.32 Å². The Morgan fingerprint density at radius 3 is 2.68 bits per heavy atom. The zero-order valence-electron chi connectivity index (χ0n) is 12.1. The first-order chi connectivity index (χ1) is 9.22. The third-order valence-electron chi connectivity index (χ3n) is 3.26. The maximum absolute atomic E-state index is 9.06. The minimum absolute atomic E-state index is 0.245. The summed E-state index contributed by atoms with van der Waals surface area (Å²) in [6.07, 6.45) is 2.10. The highest BCUT2D eigenvalue weighted by molar-refractivity contribution is 5.35. The Labute approximate surface area is 116 Å². The molecule has 0 radical (unpaired) electrons. The van der Waals surface area contributed by atoms with Gasteiger partial charge in [0, 0.05) is 0 Å². The molecule has 0 fully saturated rings. The number of rotatable bonds is 8. The Bertz CT molecular complexity index is 411. The van der Waals surface area contributed by atoms with Gasteiger partial charge >= 0.3 is 0 Å². The molecule has 3 heteroatoms. The van der Waals surface area contributed by atoms with E-state index in [1.165, 1.54) is 5.56 Å². The van der Waals surface area contributed by atoms with Crippen LogP contribution in [0.25, 0.3) is 0 Å². The van der Waals surface area contributed by atoms with Crippen LogP contribution in [-0.4, -0.2) is 19.2 Å². The fourth-order valence-corrected chi connectivity index (χ4v) is 1.87. The molecule has 1 rings (SSSR count). The molecule has 0 aliphatic heterocycles. The maximum Gasteiger partial charge on any atom is 0.130 e. The van der Waals surface area contributed by atoms with Crippen LogP contribution < -0.4 is 10.1 Å². The minimum Gasteiger partial charge on any atom is -0.491 e. The van der Waals surface area contributed by atoms with Crippen LogP contribution in [0.1, 0.15) is 45.1 Å². The van der Waals surface area contributed by atoms with Crippen molar-refractivity contribution in [2.75, 3.05) is 13.2 Å². The van der Waals surface area contributed by atoms with E-state index >= 15 is 0 Å². The van der Waals surface area contributed by atoms with Gasteiger partial charge in [0.1, 0.15) is 18.4 Å². The number of benzene rings is 1. The first-order valence-corrected chi connectivity index (χ1v) is 7.07. The highest BCUT2D eigenvalue weighted by Gasteiger charge is 2.12. The van der Waals surface area contributed by atoms with Crippen molar-refractivity contribution in [3.05, 3.63) is 29.8 Å². The summed E-state index contributed by atoms with van der Waals surface area (Å²) in [5.74, 6) is 1.37. The first kappa shape index (κ1) is 15.5. The van der Waals surface area contributed by atoms with Gasteiger partial charge in [-0.05, 0) is 36.9 Å². The van der Waals surface area contributed by atoms with Crippen molar-refractivity contribution in [2.45, 2.75) is 45.6 Å². The average Bonchev–Trinajstić information content (AvgIpc) is 2.47. The summed E-state index contributed by atoms with van der Waals surface area (Å²) in [6.45, 7) is 7.68. The van der Waals surface area contributed by atoms with Crippen LogP contribution in [0.3, 0.4) is 0 Å². The Morgan fingerprint density at radius 1 is 1.32 bits per heavy atom. The van der Waals surface area contributed by atoms with Gasteiger partial charge in [-0.1, -0.05) is 39.0 Å². The number of ether oxygens (including phenoxy) is 1. The molecule has 0 spiro atoms. The molecular formula is C16H24N2O. The van der Waals surface area contributed by atoms with Crippen LogP contribution in [-0.2, 0) is 0 Å². The lowest BCUT2D eigenvalue weighted by molar-refractivity contribution is 0.285. The van der Waals surface area contributed by atoms with Gasteiger partial charge < -0.3 is 4.74 Å². The van der Waals surface area contributed by atoms with Crippen molar-refractivity contribution in [3.63, 3.8) is 0 Å². The van der Waals surface area contributed by atoms with E-state index in [2.05, 4.69) is 38.2 Å². The van der Waals surface area contributed by atoms with Crippen molar-refractivity contribution in [1.82, 2.24) is 5.32 Å². The van der Waals surface area contributed by atoms with Crippen LogP contribution >= 0.6 is 0 Å². The molecule has 0 bridgehead atoms. The normalized spacial score (nSPS) is 13.6. The fraction of sp³-hybridized carbons (Fsp3) is 0.562. The summed E-state index contributed by atoms with van der Waals surface area (Å²) in [6, 6.07) is 10.1. The second-order valence-corrected chi connectivity index (χ2v) is 4.79. The van der Waals surface area contributed by atoms with Crippen molar-refractivity contribution in [1.29, 1.82) is 5.26 Å². The van der Waals surface area contributed by atoms with Crippen molar-refractivity contribution < 1.29 is 4.74 Å². The Hall–Kier alpha value is -1.53. The second-order valence-electron chi connectivity index (χ2n) is 4.79. The summed E-state index contributed by atoms with van der Waals surface area (Å²) in [5, 5.41) is 12.2. The molecule has 0 aliphatic rings. The molecule has 2 atom stereocenters. The number of nitrogens with zero attached hydrogens (tertiary/aromatic N) is 1. The molecule has 3 nitrogen and oxygen atoms in total. The number of nitrogens with one attached hydrogen (secondary N) is 1. The molecule has 0 amide bonds. The predicted octanol–water partition coefficient (Wildman–Crippen LogP) is 3.47. The minimum atomic E-state index is -0.245. The standard InChI is InChI=1S/C16H24N2O/c1-4-10-18-14(11-17)12-19-16-9-7-6-8-15(16)13(3)5-2/h6-9,13-14,18H,4-5,10,12H2,1-3H3. The number of nitriles is 1. The molecule has 1 aromatic carbocycles. The molecule has 19 heavy (non-hydrogen) atoms. The maximum atomic E-state index is 9.06. The van der Waals surface area contributed by atoms with Crippen molar-refractivity contribution >= 4 is 0 Å². The highest BCUT2D eigenvalue weighted by Crippen LogP contribution is 2.28.